The first-order chi connectivity index (χ1) is 7.90. The number of amides is 1. The fourth-order valence-electron chi connectivity index (χ4n) is 1.99. The Morgan fingerprint density at radius 2 is 2.00 bits per heavy atom. The third-order valence-corrected chi connectivity index (χ3v) is 2.71. The van der Waals surface area contributed by atoms with Crippen LogP contribution in [-0.4, -0.2) is 30.1 Å². The maximum atomic E-state index is 11.8. The minimum Gasteiger partial charge on any atom is -0.351 e. The third kappa shape index (κ3) is 5.84. The summed E-state index contributed by atoms with van der Waals surface area (Å²) in [5, 5.41) is 6.39. The van der Waals surface area contributed by atoms with Crippen molar-refractivity contribution < 1.29 is 4.79 Å². The Morgan fingerprint density at radius 1 is 1.41 bits per heavy atom. The molecule has 0 aliphatic heterocycles. The molecule has 0 saturated carbocycles. The van der Waals surface area contributed by atoms with E-state index in [-0.39, 0.29) is 17.5 Å². The number of carbonyl (C=O) groups excluding carboxylic acids is 1. The van der Waals surface area contributed by atoms with Crippen molar-refractivity contribution in [3.8, 4) is 0 Å². The molecule has 4 nitrogen and oxygen atoms in total. The molecule has 98 valence electrons. The van der Waals surface area contributed by atoms with Gasteiger partial charge in [-0.2, -0.15) is 0 Å². The lowest BCUT2D eigenvalue weighted by molar-refractivity contribution is -0.123. The fourth-order valence-corrected chi connectivity index (χ4v) is 1.99. The SMILES string of the molecule is CC(C)(C)NC(=O)CC(CN)NC1CC=CC1. The highest BCUT2D eigenvalue weighted by atomic mass is 16.1. The van der Waals surface area contributed by atoms with Gasteiger partial charge in [-0.3, -0.25) is 4.79 Å². The Hall–Kier alpha value is -0.870. The zero-order valence-corrected chi connectivity index (χ0v) is 11.1. The molecule has 0 aromatic heterocycles. The van der Waals surface area contributed by atoms with E-state index < -0.39 is 0 Å². The lowest BCUT2D eigenvalue weighted by Gasteiger charge is -2.25. The smallest absolute Gasteiger partial charge is 0.222 e. The van der Waals surface area contributed by atoms with Crippen molar-refractivity contribution in [3.05, 3.63) is 12.2 Å². The van der Waals surface area contributed by atoms with Crippen molar-refractivity contribution in [2.24, 2.45) is 5.73 Å². The zero-order valence-electron chi connectivity index (χ0n) is 11.1. The van der Waals surface area contributed by atoms with Crippen molar-refractivity contribution >= 4 is 5.91 Å². The van der Waals surface area contributed by atoms with Crippen LogP contribution in [0.2, 0.25) is 0 Å². The molecular weight excluding hydrogens is 214 g/mol. The lowest BCUT2D eigenvalue weighted by atomic mass is 10.1. The van der Waals surface area contributed by atoms with Crippen LogP contribution in [-0.2, 0) is 4.79 Å². The number of hydrogen-bond acceptors (Lipinski definition) is 3. The fraction of sp³-hybridized carbons (Fsp3) is 0.769. The first-order valence-corrected chi connectivity index (χ1v) is 6.33. The summed E-state index contributed by atoms with van der Waals surface area (Å²) in [7, 11) is 0. The Labute approximate surface area is 104 Å². The molecule has 17 heavy (non-hydrogen) atoms. The van der Waals surface area contributed by atoms with Crippen molar-refractivity contribution in [1.82, 2.24) is 10.6 Å². The molecule has 0 fully saturated rings. The number of carbonyl (C=O) groups is 1. The maximum absolute atomic E-state index is 11.8. The van der Waals surface area contributed by atoms with Gasteiger partial charge in [0.2, 0.25) is 5.91 Å². The summed E-state index contributed by atoms with van der Waals surface area (Å²) in [5.74, 6) is 0.0615. The molecule has 1 rings (SSSR count). The van der Waals surface area contributed by atoms with Gasteiger partial charge in [-0.15, -0.1) is 0 Å². The Bertz CT molecular complexity index is 273. The standard InChI is InChI=1S/C13H25N3O/c1-13(2,3)16-12(17)8-11(9-14)15-10-6-4-5-7-10/h4-5,10-11,15H,6-9,14H2,1-3H3,(H,16,17). The topological polar surface area (TPSA) is 67.2 Å². The third-order valence-electron chi connectivity index (χ3n) is 2.71. The van der Waals surface area contributed by atoms with Crippen molar-refractivity contribution in [2.45, 2.75) is 57.7 Å². The summed E-state index contributed by atoms with van der Waals surface area (Å²) in [5.41, 5.74) is 5.52. The molecule has 1 unspecified atom stereocenters. The molecule has 0 aromatic rings. The molecular formula is C13H25N3O. The molecule has 0 radical (unpaired) electrons. The molecule has 0 heterocycles. The Balaban J connectivity index is 2.33. The summed E-state index contributed by atoms with van der Waals surface area (Å²) >= 11 is 0. The number of hydrogen-bond donors (Lipinski definition) is 3. The van der Waals surface area contributed by atoms with Crippen LogP contribution in [0.1, 0.15) is 40.0 Å². The van der Waals surface area contributed by atoms with E-state index in [1.165, 1.54) is 0 Å². The van der Waals surface area contributed by atoms with E-state index in [9.17, 15) is 4.79 Å². The molecule has 0 spiro atoms. The maximum Gasteiger partial charge on any atom is 0.222 e. The van der Waals surface area contributed by atoms with E-state index >= 15 is 0 Å². The second-order valence-electron chi connectivity index (χ2n) is 5.74. The van der Waals surface area contributed by atoms with Crippen LogP contribution < -0.4 is 16.4 Å². The van der Waals surface area contributed by atoms with Gasteiger partial charge in [-0.1, -0.05) is 12.2 Å². The number of rotatable bonds is 5. The van der Waals surface area contributed by atoms with E-state index in [0.29, 0.717) is 19.0 Å². The monoisotopic (exact) mass is 239 g/mol. The van der Waals surface area contributed by atoms with Gasteiger partial charge in [-0.25, -0.2) is 0 Å². The number of nitrogens with two attached hydrogens (primary N) is 1. The molecule has 0 bridgehead atoms. The van der Waals surface area contributed by atoms with E-state index in [2.05, 4.69) is 22.8 Å². The summed E-state index contributed by atoms with van der Waals surface area (Å²) in [4.78, 5) is 11.8. The van der Waals surface area contributed by atoms with Gasteiger partial charge in [0, 0.05) is 30.6 Å². The highest BCUT2D eigenvalue weighted by Crippen LogP contribution is 2.10. The first kappa shape index (κ1) is 14.2. The van der Waals surface area contributed by atoms with Crippen LogP contribution in [0.4, 0.5) is 0 Å². The van der Waals surface area contributed by atoms with Crippen LogP contribution >= 0.6 is 0 Å². The van der Waals surface area contributed by atoms with Gasteiger partial charge in [0.05, 0.1) is 0 Å². The van der Waals surface area contributed by atoms with E-state index in [4.69, 9.17) is 5.73 Å². The van der Waals surface area contributed by atoms with Gasteiger partial charge in [0.15, 0.2) is 0 Å². The minimum absolute atomic E-state index is 0.0615. The van der Waals surface area contributed by atoms with E-state index in [1.807, 2.05) is 20.8 Å². The minimum atomic E-state index is -0.175. The van der Waals surface area contributed by atoms with Gasteiger partial charge < -0.3 is 16.4 Å². The molecule has 0 saturated heterocycles. The predicted molar refractivity (Wildman–Crippen MR) is 70.7 cm³/mol. The Morgan fingerprint density at radius 3 is 2.47 bits per heavy atom. The quantitative estimate of drug-likeness (QED) is 0.625. The largest absolute Gasteiger partial charge is 0.351 e. The van der Waals surface area contributed by atoms with E-state index in [0.717, 1.165) is 12.8 Å². The molecule has 1 aliphatic carbocycles. The van der Waals surface area contributed by atoms with E-state index in [1.54, 1.807) is 0 Å². The summed E-state index contributed by atoms with van der Waals surface area (Å²) in [6.45, 7) is 6.44. The normalized spacial score (nSPS) is 18.4. The van der Waals surface area contributed by atoms with Crippen LogP contribution in [0, 0.1) is 0 Å². The van der Waals surface area contributed by atoms with Crippen LogP contribution in [0.15, 0.2) is 12.2 Å². The highest BCUT2D eigenvalue weighted by molar-refractivity contribution is 5.77. The average Bonchev–Trinajstić information content (AvgIpc) is 2.66. The average molecular weight is 239 g/mol. The van der Waals surface area contributed by atoms with Crippen molar-refractivity contribution in [1.29, 1.82) is 0 Å². The number of nitrogens with one attached hydrogen (secondary N) is 2. The highest BCUT2D eigenvalue weighted by Gasteiger charge is 2.20. The van der Waals surface area contributed by atoms with Gasteiger partial charge in [-0.05, 0) is 33.6 Å². The second-order valence-corrected chi connectivity index (χ2v) is 5.74. The molecule has 4 N–H and O–H groups in total. The predicted octanol–water partition coefficient (Wildman–Crippen LogP) is 0.927. The Kier molecular flexibility index (Phi) is 5.15. The van der Waals surface area contributed by atoms with Crippen molar-refractivity contribution in [3.63, 3.8) is 0 Å². The van der Waals surface area contributed by atoms with Crippen LogP contribution in [0.3, 0.4) is 0 Å². The first-order valence-electron chi connectivity index (χ1n) is 6.33. The second kappa shape index (κ2) is 6.17. The lowest BCUT2D eigenvalue weighted by Crippen LogP contribution is -2.48. The summed E-state index contributed by atoms with van der Waals surface area (Å²) in [6.07, 6.45) is 6.86. The zero-order chi connectivity index (χ0) is 12.9. The summed E-state index contributed by atoms with van der Waals surface area (Å²) in [6, 6.07) is 0.522. The molecule has 1 amide bonds. The molecule has 4 heteroatoms. The molecule has 0 aromatic carbocycles. The molecule has 1 atom stereocenters. The van der Waals surface area contributed by atoms with Crippen molar-refractivity contribution in [2.75, 3.05) is 6.54 Å². The molecule has 1 aliphatic rings. The van der Waals surface area contributed by atoms with Gasteiger partial charge in [0.1, 0.15) is 0 Å². The van der Waals surface area contributed by atoms with Crippen LogP contribution in [0.25, 0.3) is 0 Å². The van der Waals surface area contributed by atoms with Gasteiger partial charge in [0.25, 0.3) is 0 Å². The van der Waals surface area contributed by atoms with Gasteiger partial charge >= 0.3 is 0 Å². The summed E-state index contributed by atoms with van der Waals surface area (Å²) < 4.78 is 0. The van der Waals surface area contributed by atoms with Crippen LogP contribution in [0.5, 0.6) is 0 Å².